The van der Waals surface area contributed by atoms with Gasteiger partial charge in [-0.1, -0.05) is 46.8 Å². The van der Waals surface area contributed by atoms with Crippen molar-refractivity contribution in [2.45, 2.75) is 84.7 Å². The summed E-state index contributed by atoms with van der Waals surface area (Å²) in [5, 5.41) is 25.1. The van der Waals surface area contributed by atoms with Crippen molar-refractivity contribution in [2.24, 2.45) is 16.7 Å². The molecule has 2 aromatic rings. The maximum atomic E-state index is 13.8. The van der Waals surface area contributed by atoms with Crippen molar-refractivity contribution < 1.29 is 24.6 Å². The molecule has 0 spiro atoms. The first-order valence-corrected chi connectivity index (χ1v) is 16.2. The molecule has 9 nitrogen and oxygen atoms in total. The van der Waals surface area contributed by atoms with Crippen molar-refractivity contribution in [3.05, 3.63) is 46.0 Å². The zero-order valence-corrected chi connectivity index (χ0v) is 27.1. The fourth-order valence-electron chi connectivity index (χ4n) is 7.56. The van der Waals surface area contributed by atoms with Crippen LogP contribution in [0.3, 0.4) is 0 Å². The lowest BCUT2D eigenvalue weighted by atomic mass is 9.47. The lowest BCUT2D eigenvalue weighted by molar-refractivity contribution is -0.149. The normalized spacial score (nSPS) is 29.1. The van der Waals surface area contributed by atoms with Crippen molar-refractivity contribution in [3.63, 3.8) is 0 Å². The molecule has 1 saturated carbocycles. The van der Waals surface area contributed by atoms with Crippen molar-refractivity contribution in [1.82, 2.24) is 14.8 Å². The minimum atomic E-state index is -0.721. The minimum Gasteiger partial charge on any atom is -0.396 e. The largest absolute Gasteiger partial charge is 0.396 e. The van der Waals surface area contributed by atoms with Gasteiger partial charge in [-0.25, -0.2) is 4.98 Å². The molecule has 10 heteroatoms. The van der Waals surface area contributed by atoms with Gasteiger partial charge in [0.1, 0.15) is 0 Å². The summed E-state index contributed by atoms with van der Waals surface area (Å²) in [7, 11) is 0. The Hall–Kier alpha value is -2.82. The number of thiazole rings is 1. The van der Waals surface area contributed by atoms with E-state index in [9.17, 15) is 24.6 Å². The SMILES string of the molecule is CC(=O)N1CCN(C(=O)CC2c3nc(NC(=O)c4ccc(C(C)(C)C)cc4)sc3CC3C(C)(CO)C(O)CCC23C)CC1. The van der Waals surface area contributed by atoms with Crippen molar-refractivity contribution in [1.29, 1.82) is 0 Å². The van der Waals surface area contributed by atoms with E-state index in [2.05, 4.69) is 33.0 Å². The second kappa shape index (κ2) is 11.6. The molecule has 3 amide bonds. The maximum Gasteiger partial charge on any atom is 0.257 e. The van der Waals surface area contributed by atoms with Crippen LogP contribution in [0.4, 0.5) is 5.13 Å². The summed E-state index contributed by atoms with van der Waals surface area (Å²) in [6.45, 7) is 14.0. The highest BCUT2D eigenvalue weighted by Crippen LogP contribution is 2.63. The number of hydrogen-bond acceptors (Lipinski definition) is 7. The Kier molecular flexibility index (Phi) is 8.52. The van der Waals surface area contributed by atoms with Gasteiger partial charge in [0.25, 0.3) is 5.91 Å². The first-order valence-electron chi connectivity index (χ1n) is 15.4. The first-order chi connectivity index (χ1) is 20.2. The predicted octanol–water partition coefficient (Wildman–Crippen LogP) is 4.19. The molecular formula is C33H46N4O5S. The number of amides is 3. The molecule has 5 atom stereocenters. The van der Waals surface area contributed by atoms with Crippen LogP contribution in [0, 0.1) is 16.7 Å². The molecule has 43 heavy (non-hydrogen) atoms. The van der Waals surface area contributed by atoms with E-state index >= 15 is 0 Å². The van der Waals surface area contributed by atoms with Crippen LogP contribution >= 0.6 is 11.3 Å². The topological polar surface area (TPSA) is 123 Å². The Balaban J connectivity index is 1.43. The van der Waals surface area contributed by atoms with Gasteiger partial charge < -0.3 is 20.0 Å². The summed E-state index contributed by atoms with van der Waals surface area (Å²) in [6, 6.07) is 7.62. The summed E-state index contributed by atoms with van der Waals surface area (Å²) in [4.78, 5) is 48.4. The highest BCUT2D eigenvalue weighted by atomic mass is 32.1. The van der Waals surface area contributed by atoms with Crippen LogP contribution in [-0.2, 0) is 21.4 Å². The number of nitrogens with zero attached hydrogens (tertiary/aromatic N) is 3. The number of hydrogen-bond donors (Lipinski definition) is 3. The monoisotopic (exact) mass is 610 g/mol. The quantitative estimate of drug-likeness (QED) is 0.467. The predicted molar refractivity (Wildman–Crippen MR) is 167 cm³/mol. The van der Waals surface area contributed by atoms with Crippen LogP contribution in [0.15, 0.2) is 24.3 Å². The number of aliphatic hydroxyl groups excluding tert-OH is 2. The molecule has 234 valence electrons. The molecule has 5 unspecified atom stereocenters. The van der Waals surface area contributed by atoms with Gasteiger partial charge in [-0.15, -0.1) is 11.3 Å². The molecule has 3 aliphatic rings. The van der Waals surface area contributed by atoms with Gasteiger partial charge >= 0.3 is 0 Å². The average molecular weight is 611 g/mol. The van der Waals surface area contributed by atoms with E-state index in [0.717, 1.165) is 16.1 Å². The third kappa shape index (κ3) is 5.85. The Bertz CT molecular complexity index is 1380. The third-order valence-corrected chi connectivity index (χ3v) is 11.6. The lowest BCUT2D eigenvalue weighted by Gasteiger charge is -2.58. The second-order valence-corrected chi connectivity index (χ2v) is 15.3. The fourth-order valence-corrected chi connectivity index (χ4v) is 8.63. The number of anilines is 1. The molecule has 1 aromatic carbocycles. The van der Waals surface area contributed by atoms with E-state index in [1.54, 1.807) is 11.8 Å². The molecular weight excluding hydrogens is 564 g/mol. The maximum absolute atomic E-state index is 13.8. The van der Waals surface area contributed by atoms with Crippen molar-refractivity contribution in [3.8, 4) is 0 Å². The average Bonchev–Trinajstić information content (AvgIpc) is 3.37. The molecule has 0 radical (unpaired) electrons. The number of aliphatic hydroxyl groups is 2. The van der Waals surface area contributed by atoms with Gasteiger partial charge in [-0.2, -0.15) is 0 Å². The molecule has 1 aromatic heterocycles. The summed E-state index contributed by atoms with van der Waals surface area (Å²) in [5.41, 5.74) is 1.43. The van der Waals surface area contributed by atoms with E-state index < -0.39 is 11.5 Å². The van der Waals surface area contributed by atoms with Crippen molar-refractivity contribution in [2.75, 3.05) is 38.1 Å². The van der Waals surface area contributed by atoms with E-state index in [1.807, 2.05) is 36.1 Å². The molecule has 3 N–H and O–H groups in total. The number of carbonyl (C=O) groups excluding carboxylic acids is 3. The Morgan fingerprint density at radius 2 is 1.70 bits per heavy atom. The fraction of sp³-hybridized carbons (Fsp3) is 0.636. The number of aromatic nitrogens is 1. The molecule has 2 aliphatic carbocycles. The van der Waals surface area contributed by atoms with Crippen LogP contribution in [0.25, 0.3) is 0 Å². The number of carbonyl (C=O) groups is 3. The summed E-state index contributed by atoms with van der Waals surface area (Å²) >= 11 is 1.43. The van der Waals surface area contributed by atoms with Crippen molar-refractivity contribution >= 4 is 34.2 Å². The first kappa shape index (κ1) is 31.6. The van der Waals surface area contributed by atoms with E-state index in [4.69, 9.17) is 4.98 Å². The van der Waals surface area contributed by atoms with Gasteiger partial charge in [0.05, 0.1) is 18.4 Å². The molecule has 1 saturated heterocycles. The third-order valence-electron chi connectivity index (χ3n) is 10.6. The smallest absolute Gasteiger partial charge is 0.257 e. The molecule has 2 heterocycles. The zero-order valence-electron chi connectivity index (χ0n) is 26.3. The number of piperazine rings is 1. The zero-order chi connectivity index (χ0) is 31.3. The number of fused-ring (bicyclic) bond motifs is 2. The number of nitrogens with one attached hydrogen (secondary N) is 1. The molecule has 0 bridgehead atoms. The summed E-state index contributed by atoms with van der Waals surface area (Å²) in [6.07, 6.45) is 1.48. The highest BCUT2D eigenvalue weighted by Gasteiger charge is 2.59. The Morgan fingerprint density at radius 3 is 2.28 bits per heavy atom. The molecule has 1 aliphatic heterocycles. The van der Waals surface area contributed by atoms with Crippen LogP contribution in [0.2, 0.25) is 0 Å². The Morgan fingerprint density at radius 1 is 1.07 bits per heavy atom. The summed E-state index contributed by atoms with van der Waals surface area (Å²) in [5.74, 6) is -0.490. The minimum absolute atomic E-state index is 0.0135. The second-order valence-electron chi connectivity index (χ2n) is 14.2. The Labute approximate surface area is 258 Å². The van der Waals surface area contributed by atoms with E-state index in [1.165, 1.54) is 11.3 Å². The van der Waals surface area contributed by atoms with Gasteiger partial charge in [0.2, 0.25) is 11.8 Å². The number of rotatable bonds is 5. The summed E-state index contributed by atoms with van der Waals surface area (Å²) < 4.78 is 0. The molecule has 5 rings (SSSR count). The van der Waals surface area contributed by atoms with E-state index in [-0.39, 0.29) is 53.4 Å². The van der Waals surface area contributed by atoms with Crippen LogP contribution in [0.1, 0.15) is 93.2 Å². The number of benzene rings is 1. The lowest BCUT2D eigenvalue weighted by Crippen LogP contribution is -2.58. The van der Waals surface area contributed by atoms with Crippen LogP contribution in [0.5, 0.6) is 0 Å². The standard InChI is InChI=1S/C33H46N4O5S/c1-20(39)36-13-15-37(16-14-36)27(41)17-23-28-24(18-25-32(23,5)12-11-26(40)33(25,6)19-38)43-30(34-28)35-29(42)21-7-9-22(10-8-21)31(2,3)4/h7-10,23,25-26,38,40H,11-19H2,1-6H3,(H,34,35,42). The molecule has 2 fully saturated rings. The van der Waals surface area contributed by atoms with Crippen LogP contribution < -0.4 is 5.32 Å². The van der Waals surface area contributed by atoms with E-state index in [0.29, 0.717) is 56.1 Å². The highest BCUT2D eigenvalue weighted by molar-refractivity contribution is 7.15. The van der Waals surface area contributed by atoms with Gasteiger partial charge in [-0.05, 0) is 53.7 Å². The van der Waals surface area contributed by atoms with Gasteiger partial charge in [-0.3, -0.25) is 19.7 Å². The van der Waals surface area contributed by atoms with Crippen LogP contribution in [-0.4, -0.2) is 81.6 Å². The van der Waals surface area contributed by atoms with Gasteiger partial charge in [0, 0.05) is 61.3 Å². The van der Waals surface area contributed by atoms with Gasteiger partial charge in [0.15, 0.2) is 5.13 Å².